The number of nitrogen functional groups attached to an aromatic ring is 1. The summed E-state index contributed by atoms with van der Waals surface area (Å²) in [7, 11) is 3.92. The molecule has 4 amide bonds. The van der Waals surface area contributed by atoms with Crippen LogP contribution in [0.2, 0.25) is 5.02 Å². The van der Waals surface area contributed by atoms with Crippen molar-refractivity contribution in [2.75, 3.05) is 77.6 Å². The first-order valence-electron chi connectivity index (χ1n) is 19.8. The van der Waals surface area contributed by atoms with Crippen LogP contribution in [-0.2, 0) is 38.1 Å². The second-order valence-corrected chi connectivity index (χ2v) is 16.0. The number of anilines is 2. The number of alkyl halides is 3. The van der Waals surface area contributed by atoms with Gasteiger partial charge in [-0.05, 0) is 101 Å². The lowest BCUT2D eigenvalue weighted by molar-refractivity contribution is -0.151. The van der Waals surface area contributed by atoms with Crippen LogP contribution in [0, 0.1) is 0 Å². The minimum absolute atomic E-state index is 0.0314. The molecular weight excluding hydrogens is 767 g/mol. The van der Waals surface area contributed by atoms with Crippen molar-refractivity contribution >= 4 is 47.0 Å². The molecule has 57 heavy (non-hydrogen) atoms. The predicted molar refractivity (Wildman–Crippen MR) is 209 cm³/mol. The lowest BCUT2D eigenvalue weighted by Gasteiger charge is -2.40. The van der Waals surface area contributed by atoms with E-state index in [0.717, 1.165) is 43.2 Å². The van der Waals surface area contributed by atoms with Crippen molar-refractivity contribution in [1.82, 2.24) is 24.5 Å². The lowest BCUT2D eigenvalue weighted by atomic mass is 9.99. The van der Waals surface area contributed by atoms with Gasteiger partial charge >= 0.3 is 24.3 Å². The topological polar surface area (TPSA) is 141 Å². The Hall–Kier alpha value is -4.28. The zero-order valence-electron chi connectivity index (χ0n) is 32.6. The average Bonchev–Trinajstić information content (AvgIpc) is 3.61. The molecule has 2 aromatic rings. The Morgan fingerprint density at radius 2 is 1.65 bits per heavy atom. The summed E-state index contributed by atoms with van der Waals surface area (Å²) >= 11 is 6.14. The van der Waals surface area contributed by atoms with Crippen LogP contribution in [0.1, 0.15) is 61.6 Å². The van der Waals surface area contributed by atoms with Gasteiger partial charge in [-0.3, -0.25) is 14.5 Å². The van der Waals surface area contributed by atoms with Gasteiger partial charge in [-0.25, -0.2) is 9.59 Å². The third kappa shape index (κ3) is 10.4. The normalized spacial score (nSPS) is 20.6. The van der Waals surface area contributed by atoms with Gasteiger partial charge in [0, 0.05) is 63.5 Å². The van der Waals surface area contributed by atoms with Crippen LogP contribution in [0.25, 0.3) is 0 Å². The zero-order chi connectivity index (χ0) is 40.9. The molecule has 2 atom stereocenters. The molecule has 0 aromatic heterocycles. The van der Waals surface area contributed by atoms with Gasteiger partial charge in [0.2, 0.25) is 0 Å². The van der Waals surface area contributed by atoms with E-state index in [0.29, 0.717) is 64.8 Å². The molecule has 4 aliphatic rings. The number of nitrogens with two attached hydrogens (primary N) is 1. The van der Waals surface area contributed by atoms with Gasteiger partial charge in [0.1, 0.15) is 6.04 Å². The summed E-state index contributed by atoms with van der Waals surface area (Å²) in [5.41, 5.74) is 5.78. The summed E-state index contributed by atoms with van der Waals surface area (Å²) in [4.78, 5) is 63.1. The van der Waals surface area contributed by atoms with Crippen LogP contribution in [0.3, 0.4) is 0 Å². The number of nitrogens with zero attached hydrogens (tertiary/aromatic N) is 5. The second-order valence-electron chi connectivity index (χ2n) is 15.6. The first-order valence-corrected chi connectivity index (χ1v) is 20.2. The van der Waals surface area contributed by atoms with Gasteiger partial charge in [0.25, 0.3) is 5.91 Å². The summed E-state index contributed by atoms with van der Waals surface area (Å²) in [6, 6.07) is 9.11. The third-order valence-electron chi connectivity index (χ3n) is 11.5. The van der Waals surface area contributed by atoms with E-state index in [1.54, 1.807) is 9.80 Å². The maximum Gasteiger partial charge on any atom is 0.418 e. The number of amides is 4. The number of benzene rings is 2. The van der Waals surface area contributed by atoms with E-state index >= 15 is 0 Å². The zero-order valence-corrected chi connectivity index (χ0v) is 33.3. The molecule has 0 bridgehead atoms. The molecule has 0 radical (unpaired) electrons. The van der Waals surface area contributed by atoms with Gasteiger partial charge in [0.05, 0.1) is 22.9 Å². The van der Waals surface area contributed by atoms with E-state index in [9.17, 15) is 32.3 Å². The highest BCUT2D eigenvalue weighted by Crippen LogP contribution is 2.38. The van der Waals surface area contributed by atoms with Crippen LogP contribution in [-0.4, -0.2) is 139 Å². The quantitative estimate of drug-likeness (QED) is 0.171. The van der Waals surface area contributed by atoms with Crippen molar-refractivity contribution in [2.45, 2.75) is 88.2 Å². The Morgan fingerprint density at radius 3 is 2.35 bits per heavy atom. The van der Waals surface area contributed by atoms with Crippen LogP contribution < -0.4 is 11.1 Å². The largest absolute Gasteiger partial charge is 0.464 e. The summed E-state index contributed by atoms with van der Waals surface area (Å²) in [5, 5.41) is 2.66. The molecular formula is C40H53ClF3N7O6. The Labute approximate surface area is 336 Å². The fourth-order valence-electron chi connectivity index (χ4n) is 8.46. The molecule has 0 spiro atoms. The minimum atomic E-state index is -4.80. The second kappa shape index (κ2) is 18.5. The molecule has 2 aromatic carbocycles. The number of nitrogens with one attached hydrogen (secondary N) is 1. The third-order valence-corrected chi connectivity index (χ3v) is 11.9. The number of halogens is 4. The number of hydrogen-bond donors (Lipinski definition) is 2. The van der Waals surface area contributed by atoms with Crippen molar-refractivity contribution in [2.24, 2.45) is 0 Å². The minimum Gasteiger partial charge on any atom is -0.464 e. The molecule has 0 saturated carbocycles. The highest BCUT2D eigenvalue weighted by atomic mass is 35.5. The number of rotatable bonds is 11. The average molecular weight is 820 g/mol. The number of para-hydroxylation sites is 1. The van der Waals surface area contributed by atoms with Gasteiger partial charge in [0.15, 0.2) is 6.10 Å². The summed E-state index contributed by atoms with van der Waals surface area (Å²) < 4.78 is 53.2. The number of esters is 1. The van der Waals surface area contributed by atoms with E-state index in [1.807, 2.05) is 43.3 Å². The molecule has 4 heterocycles. The fraction of sp³-hybridized carbons (Fsp3) is 0.600. The van der Waals surface area contributed by atoms with Crippen molar-refractivity contribution < 1.29 is 41.8 Å². The van der Waals surface area contributed by atoms with Crippen LogP contribution in [0.5, 0.6) is 0 Å². The monoisotopic (exact) mass is 819 g/mol. The SMILES string of the molecule is CN(C)CCCOC(=O)[C@@H]1CCCN1C1CCN(C(=O)[C@@H](Cc2cc(Cl)c(N)c(C(F)(F)F)c2)OC(=O)N2CCC(N3CCc4ccccc4NC3=O)CC2)CC1. The summed E-state index contributed by atoms with van der Waals surface area (Å²) in [6.07, 6.45) is -2.30. The Kier molecular flexibility index (Phi) is 13.8. The molecule has 0 aliphatic carbocycles. The number of piperidine rings is 2. The van der Waals surface area contributed by atoms with E-state index in [4.69, 9.17) is 26.8 Å². The first kappa shape index (κ1) is 42.3. The van der Waals surface area contributed by atoms with E-state index < -0.39 is 35.5 Å². The molecule has 6 rings (SSSR count). The Bertz CT molecular complexity index is 1770. The van der Waals surface area contributed by atoms with Crippen molar-refractivity contribution in [3.63, 3.8) is 0 Å². The van der Waals surface area contributed by atoms with Crippen LogP contribution >= 0.6 is 11.6 Å². The number of carbonyl (C=O) groups excluding carboxylic acids is 4. The number of fused-ring (bicyclic) bond motifs is 1. The number of likely N-dealkylation sites (tertiary alicyclic amines) is 3. The Balaban J connectivity index is 1.10. The highest BCUT2D eigenvalue weighted by molar-refractivity contribution is 6.33. The molecule has 0 unspecified atom stereocenters. The molecule has 17 heteroatoms. The molecule has 3 N–H and O–H groups in total. The van der Waals surface area contributed by atoms with Crippen molar-refractivity contribution in [1.29, 1.82) is 0 Å². The molecule has 3 saturated heterocycles. The number of urea groups is 1. The van der Waals surface area contributed by atoms with Crippen molar-refractivity contribution in [3.05, 3.63) is 58.1 Å². The van der Waals surface area contributed by atoms with E-state index in [1.165, 1.54) is 11.0 Å². The maximum atomic E-state index is 14.2. The van der Waals surface area contributed by atoms with Gasteiger partial charge in [-0.1, -0.05) is 29.8 Å². The van der Waals surface area contributed by atoms with Gasteiger partial charge in [-0.15, -0.1) is 0 Å². The Morgan fingerprint density at radius 1 is 0.965 bits per heavy atom. The summed E-state index contributed by atoms with van der Waals surface area (Å²) in [6.45, 7) is 3.55. The number of hydrogen-bond acceptors (Lipinski definition) is 9. The maximum absolute atomic E-state index is 14.2. The fourth-order valence-corrected chi connectivity index (χ4v) is 8.71. The number of carbonyl (C=O) groups is 4. The van der Waals surface area contributed by atoms with Crippen LogP contribution in [0.4, 0.5) is 34.1 Å². The predicted octanol–water partition coefficient (Wildman–Crippen LogP) is 5.49. The first-order chi connectivity index (χ1) is 27.2. The molecule has 13 nitrogen and oxygen atoms in total. The number of ether oxygens (including phenoxy) is 2. The summed E-state index contributed by atoms with van der Waals surface area (Å²) in [5.74, 6) is -0.765. The molecule has 4 aliphatic heterocycles. The van der Waals surface area contributed by atoms with E-state index in [2.05, 4.69) is 10.2 Å². The standard InChI is InChI=1S/C40H53ClF3N7O6/c1-47(2)15-6-22-56-37(53)33-9-5-16-50(33)28-11-17-48(18-12-28)36(52)34(25-26-23-30(40(42,43)44)35(45)31(41)24-26)57-39(55)49-19-13-29(14-20-49)51-21-10-27-7-3-4-8-32(27)46-38(51)54/h3-4,7-8,23-24,28-29,33-34H,5-6,9-22,25,45H2,1-2H3,(H,46,54)/t33-,34+/m0/s1. The lowest BCUT2D eigenvalue weighted by Crippen LogP contribution is -2.53. The van der Waals surface area contributed by atoms with Crippen LogP contribution in [0.15, 0.2) is 36.4 Å². The van der Waals surface area contributed by atoms with E-state index in [-0.39, 0.29) is 60.2 Å². The van der Waals surface area contributed by atoms with Crippen molar-refractivity contribution in [3.8, 4) is 0 Å². The van der Waals surface area contributed by atoms with Gasteiger partial charge in [-0.2, -0.15) is 13.2 Å². The smallest absolute Gasteiger partial charge is 0.418 e. The molecule has 312 valence electrons. The molecule has 3 fully saturated rings. The highest BCUT2D eigenvalue weighted by Gasteiger charge is 2.41. The van der Waals surface area contributed by atoms with Gasteiger partial charge < -0.3 is 40.1 Å².